The molecule has 0 aliphatic carbocycles. The number of aromatic nitrogens is 2. The van der Waals surface area contributed by atoms with E-state index in [1.165, 1.54) is 19.2 Å². The quantitative estimate of drug-likeness (QED) is 0.779. The maximum atomic E-state index is 12.1. The largest absolute Gasteiger partial charge is 0.495 e. The van der Waals surface area contributed by atoms with Crippen molar-refractivity contribution in [3.8, 4) is 5.75 Å². The molecule has 7 nitrogen and oxygen atoms in total. The van der Waals surface area contributed by atoms with Crippen LogP contribution >= 0.6 is 22.9 Å². The van der Waals surface area contributed by atoms with Crippen LogP contribution < -0.4 is 10.1 Å². The molecule has 0 radical (unpaired) electrons. The van der Waals surface area contributed by atoms with E-state index in [2.05, 4.69) is 15.5 Å². The third kappa shape index (κ3) is 4.18. The van der Waals surface area contributed by atoms with Gasteiger partial charge in [-0.25, -0.2) is 8.42 Å². The summed E-state index contributed by atoms with van der Waals surface area (Å²) in [5, 5.41) is 10.2. The number of carbonyl (C=O) groups excluding carboxylic acids is 1. The normalized spacial score (nSPS) is 11.3. The topological polar surface area (TPSA) is 98.3 Å². The van der Waals surface area contributed by atoms with Crippen LogP contribution in [-0.4, -0.2) is 37.4 Å². The van der Waals surface area contributed by atoms with Gasteiger partial charge in [0.15, 0.2) is 0 Å². The second-order valence-electron chi connectivity index (χ2n) is 4.50. The Kier molecular flexibility index (Phi) is 5.55. The minimum Gasteiger partial charge on any atom is -0.495 e. The van der Waals surface area contributed by atoms with Crippen molar-refractivity contribution in [2.45, 2.75) is 17.7 Å². The number of hydrogen-bond acceptors (Lipinski definition) is 7. The summed E-state index contributed by atoms with van der Waals surface area (Å²) in [6, 6.07) is 4.55. The van der Waals surface area contributed by atoms with Gasteiger partial charge in [-0.05, 0) is 24.6 Å². The summed E-state index contributed by atoms with van der Waals surface area (Å²) < 4.78 is 28.7. The monoisotopic (exact) mass is 375 g/mol. The van der Waals surface area contributed by atoms with Crippen LogP contribution in [0.3, 0.4) is 0 Å². The zero-order valence-corrected chi connectivity index (χ0v) is 14.8. The molecule has 1 aromatic carbocycles. The minimum atomic E-state index is -3.45. The first-order chi connectivity index (χ1) is 10.9. The predicted octanol–water partition coefficient (Wildman–Crippen LogP) is 2.64. The predicted molar refractivity (Wildman–Crippen MR) is 88.2 cm³/mol. The number of nitrogens with zero attached hydrogens (tertiary/aromatic N) is 2. The summed E-state index contributed by atoms with van der Waals surface area (Å²) in [7, 11) is -1.98. The number of methoxy groups -OCH3 is 1. The number of nitrogens with one attached hydrogen (secondary N) is 1. The molecule has 0 unspecified atom stereocenters. The molecule has 0 saturated carbocycles. The summed E-state index contributed by atoms with van der Waals surface area (Å²) in [4.78, 5) is 12.1. The summed E-state index contributed by atoms with van der Waals surface area (Å²) in [5.41, 5.74) is 0.295. The van der Waals surface area contributed by atoms with Gasteiger partial charge in [0.05, 0.1) is 17.9 Å². The third-order valence-electron chi connectivity index (χ3n) is 2.78. The molecule has 0 aliphatic rings. The maximum Gasteiger partial charge on any atom is 0.257 e. The summed E-state index contributed by atoms with van der Waals surface area (Å²) in [6.45, 7) is 1.76. The molecule has 124 valence electrons. The number of carbonyl (C=O) groups is 1. The summed E-state index contributed by atoms with van der Waals surface area (Å²) in [5.74, 6) is -0.0267. The van der Waals surface area contributed by atoms with E-state index >= 15 is 0 Å². The molecule has 1 amide bonds. The van der Waals surface area contributed by atoms with Crippen molar-refractivity contribution in [3.63, 3.8) is 0 Å². The number of hydrogen-bond donors (Lipinski definition) is 1. The number of halogens is 1. The fourth-order valence-corrected chi connectivity index (χ4v) is 4.32. The molecule has 0 bridgehead atoms. The van der Waals surface area contributed by atoms with Gasteiger partial charge in [0, 0.05) is 5.56 Å². The summed E-state index contributed by atoms with van der Waals surface area (Å²) in [6.07, 6.45) is 0.480. The van der Waals surface area contributed by atoms with Crippen LogP contribution in [0.25, 0.3) is 0 Å². The Balaban J connectivity index is 2.15. The lowest BCUT2D eigenvalue weighted by Crippen LogP contribution is -2.11. The first-order valence-electron chi connectivity index (χ1n) is 6.58. The number of amides is 1. The highest BCUT2D eigenvalue weighted by molar-refractivity contribution is 7.93. The SMILES string of the molecule is CCCS(=O)(=O)c1nnc(NC(=O)c2ccc(OC)c(Cl)c2)s1. The van der Waals surface area contributed by atoms with Crippen LogP contribution in [0.2, 0.25) is 5.02 Å². The zero-order chi connectivity index (χ0) is 17.0. The Morgan fingerprint density at radius 2 is 2.13 bits per heavy atom. The van der Waals surface area contributed by atoms with E-state index in [9.17, 15) is 13.2 Å². The molecule has 0 aliphatic heterocycles. The molecule has 1 aromatic heterocycles. The summed E-state index contributed by atoms with van der Waals surface area (Å²) >= 11 is 6.78. The molecular formula is C13H14ClN3O4S2. The van der Waals surface area contributed by atoms with Gasteiger partial charge in [-0.1, -0.05) is 29.9 Å². The Morgan fingerprint density at radius 3 is 2.74 bits per heavy atom. The number of benzene rings is 1. The molecule has 0 saturated heterocycles. The average molecular weight is 376 g/mol. The van der Waals surface area contributed by atoms with Gasteiger partial charge in [0.1, 0.15) is 5.75 Å². The van der Waals surface area contributed by atoms with Crippen LogP contribution in [0.4, 0.5) is 5.13 Å². The standard InChI is InChI=1S/C13H14ClN3O4S2/c1-3-6-23(19,20)13-17-16-12(22-13)15-11(18)8-4-5-10(21-2)9(14)7-8/h4-5,7H,3,6H2,1-2H3,(H,15,16,18). The maximum absolute atomic E-state index is 12.1. The van der Waals surface area contributed by atoms with Crippen molar-refractivity contribution in [1.82, 2.24) is 10.2 Å². The van der Waals surface area contributed by atoms with Crippen LogP contribution in [0.1, 0.15) is 23.7 Å². The molecular weight excluding hydrogens is 362 g/mol. The van der Waals surface area contributed by atoms with Crippen LogP contribution in [0.15, 0.2) is 22.5 Å². The molecule has 1 N–H and O–H groups in total. The second kappa shape index (κ2) is 7.24. The van der Waals surface area contributed by atoms with Crippen molar-refractivity contribution >= 4 is 43.8 Å². The van der Waals surface area contributed by atoms with E-state index in [0.29, 0.717) is 22.8 Å². The molecule has 0 atom stereocenters. The zero-order valence-electron chi connectivity index (χ0n) is 12.4. The van der Waals surface area contributed by atoms with E-state index < -0.39 is 15.7 Å². The molecule has 2 aromatic rings. The van der Waals surface area contributed by atoms with E-state index in [-0.39, 0.29) is 15.2 Å². The van der Waals surface area contributed by atoms with Crippen molar-refractivity contribution in [1.29, 1.82) is 0 Å². The Hall–Kier alpha value is -1.71. The van der Waals surface area contributed by atoms with Gasteiger partial charge < -0.3 is 4.74 Å². The number of ether oxygens (including phenoxy) is 1. The highest BCUT2D eigenvalue weighted by Gasteiger charge is 2.20. The van der Waals surface area contributed by atoms with Crippen LogP contribution in [0.5, 0.6) is 5.75 Å². The van der Waals surface area contributed by atoms with Crippen molar-refractivity contribution < 1.29 is 17.9 Å². The van der Waals surface area contributed by atoms with Gasteiger partial charge in [0.2, 0.25) is 19.3 Å². The smallest absolute Gasteiger partial charge is 0.257 e. The fraction of sp³-hybridized carbons (Fsp3) is 0.308. The lowest BCUT2D eigenvalue weighted by atomic mass is 10.2. The van der Waals surface area contributed by atoms with Gasteiger partial charge >= 0.3 is 0 Å². The van der Waals surface area contributed by atoms with Crippen molar-refractivity contribution in [3.05, 3.63) is 28.8 Å². The average Bonchev–Trinajstić information content (AvgIpc) is 2.96. The first-order valence-corrected chi connectivity index (χ1v) is 9.43. The molecule has 10 heteroatoms. The van der Waals surface area contributed by atoms with E-state index in [1.807, 2.05) is 0 Å². The van der Waals surface area contributed by atoms with Crippen molar-refractivity contribution in [2.24, 2.45) is 0 Å². The number of rotatable bonds is 6. The molecule has 2 rings (SSSR count). The van der Waals surface area contributed by atoms with Crippen molar-refractivity contribution in [2.75, 3.05) is 18.2 Å². The fourth-order valence-electron chi connectivity index (χ4n) is 1.72. The Labute approximate surface area is 142 Å². The Morgan fingerprint density at radius 1 is 1.39 bits per heavy atom. The third-order valence-corrected chi connectivity index (χ3v) is 6.28. The first kappa shape index (κ1) is 17.6. The number of sulfone groups is 1. The molecule has 23 heavy (non-hydrogen) atoms. The van der Waals surface area contributed by atoms with Gasteiger partial charge in [-0.2, -0.15) is 0 Å². The highest BCUT2D eigenvalue weighted by atomic mass is 35.5. The second-order valence-corrected chi connectivity index (χ2v) is 8.16. The lowest BCUT2D eigenvalue weighted by Gasteiger charge is -2.05. The number of anilines is 1. The minimum absolute atomic E-state index is 0.0103. The molecule has 0 spiro atoms. The van der Waals surface area contributed by atoms with Crippen LogP contribution in [0, 0.1) is 0 Å². The van der Waals surface area contributed by atoms with E-state index in [0.717, 1.165) is 11.3 Å². The Bertz CT molecular complexity index is 820. The molecule has 0 fully saturated rings. The van der Waals surface area contributed by atoms with E-state index in [4.69, 9.17) is 16.3 Å². The van der Waals surface area contributed by atoms with Gasteiger partial charge in [-0.3, -0.25) is 10.1 Å². The van der Waals surface area contributed by atoms with Gasteiger partial charge in [0.25, 0.3) is 5.91 Å². The highest BCUT2D eigenvalue weighted by Crippen LogP contribution is 2.26. The van der Waals surface area contributed by atoms with E-state index in [1.54, 1.807) is 13.0 Å². The van der Waals surface area contributed by atoms with Crippen LogP contribution in [-0.2, 0) is 9.84 Å². The lowest BCUT2D eigenvalue weighted by molar-refractivity contribution is 0.102. The van der Waals surface area contributed by atoms with Gasteiger partial charge in [-0.15, -0.1) is 10.2 Å². The molecule has 1 heterocycles.